The van der Waals surface area contributed by atoms with Crippen LogP contribution in [0.5, 0.6) is 0 Å². The number of hydrogen-bond acceptors (Lipinski definition) is 3. The summed E-state index contributed by atoms with van der Waals surface area (Å²) in [6, 6.07) is 9.92. The first kappa shape index (κ1) is 16.1. The number of likely N-dealkylation sites (tertiary alicyclic amines) is 1. The van der Waals surface area contributed by atoms with Crippen LogP contribution in [0.1, 0.15) is 40.4 Å². The number of piperidine rings is 1. The first-order chi connectivity index (χ1) is 12.1. The fraction of sp³-hybridized carbons (Fsp3) is 0.316. The van der Waals surface area contributed by atoms with Crippen molar-refractivity contribution < 1.29 is 4.79 Å². The highest BCUT2D eigenvalue weighted by atomic mass is 35.5. The topological polar surface area (TPSA) is 61.9 Å². The van der Waals surface area contributed by atoms with Crippen LogP contribution in [0.15, 0.2) is 36.5 Å². The molecule has 1 N–H and O–H groups in total. The van der Waals surface area contributed by atoms with E-state index in [-0.39, 0.29) is 11.1 Å². The average molecular weight is 355 g/mol. The standard InChI is InChI=1S/C19H19ClN4O/c1-12-15-6-2-3-7-16(15)22-18(12)13-5-4-8-24(11-13)19(25)14-9-17(20)23-21-10-14/h2-3,6-7,9-10,13,22H,4-5,8,11H2,1H3/t13-/m1/s1. The van der Waals surface area contributed by atoms with Gasteiger partial charge >= 0.3 is 0 Å². The number of nitrogens with one attached hydrogen (secondary N) is 1. The summed E-state index contributed by atoms with van der Waals surface area (Å²) >= 11 is 5.87. The van der Waals surface area contributed by atoms with Crippen molar-refractivity contribution in [3.05, 3.63) is 58.5 Å². The molecule has 6 heteroatoms. The normalized spacial score (nSPS) is 17.8. The van der Waals surface area contributed by atoms with Crippen LogP contribution in [0.3, 0.4) is 0 Å². The number of para-hydroxylation sites is 1. The summed E-state index contributed by atoms with van der Waals surface area (Å²) in [5.74, 6) is 0.283. The van der Waals surface area contributed by atoms with Gasteiger partial charge in [0.1, 0.15) is 0 Å². The molecule has 5 nitrogen and oxygen atoms in total. The molecule has 0 radical (unpaired) electrons. The molecule has 0 aliphatic carbocycles. The number of aromatic nitrogens is 3. The summed E-state index contributed by atoms with van der Waals surface area (Å²) < 4.78 is 0. The maximum atomic E-state index is 12.8. The number of carbonyl (C=O) groups is 1. The molecule has 0 spiro atoms. The molecular formula is C19H19ClN4O. The van der Waals surface area contributed by atoms with Gasteiger partial charge in [-0.25, -0.2) is 0 Å². The molecule has 1 aliphatic heterocycles. The summed E-state index contributed by atoms with van der Waals surface area (Å²) in [7, 11) is 0. The second kappa shape index (κ2) is 6.48. The molecule has 25 heavy (non-hydrogen) atoms. The predicted molar refractivity (Wildman–Crippen MR) is 98.0 cm³/mol. The number of amides is 1. The molecule has 1 atom stereocenters. The van der Waals surface area contributed by atoms with Gasteiger partial charge in [0, 0.05) is 35.6 Å². The molecule has 1 aromatic carbocycles. The van der Waals surface area contributed by atoms with Crippen molar-refractivity contribution in [2.45, 2.75) is 25.7 Å². The van der Waals surface area contributed by atoms with Crippen molar-refractivity contribution in [3.8, 4) is 0 Å². The van der Waals surface area contributed by atoms with Crippen LogP contribution in [0.4, 0.5) is 0 Å². The van der Waals surface area contributed by atoms with E-state index in [0.717, 1.165) is 24.9 Å². The zero-order valence-electron chi connectivity index (χ0n) is 14.0. The van der Waals surface area contributed by atoms with Gasteiger partial charge in [-0.1, -0.05) is 29.8 Å². The average Bonchev–Trinajstić information content (AvgIpc) is 2.98. The first-order valence-corrected chi connectivity index (χ1v) is 8.86. The third-order valence-corrected chi connectivity index (χ3v) is 5.18. The summed E-state index contributed by atoms with van der Waals surface area (Å²) in [6.45, 7) is 3.61. The lowest BCUT2D eigenvalue weighted by atomic mass is 9.92. The zero-order chi connectivity index (χ0) is 17.4. The lowest BCUT2D eigenvalue weighted by Crippen LogP contribution is -2.39. The number of halogens is 1. The Bertz CT molecular complexity index is 936. The number of hydrogen-bond donors (Lipinski definition) is 1. The van der Waals surface area contributed by atoms with E-state index in [4.69, 9.17) is 11.6 Å². The van der Waals surface area contributed by atoms with Gasteiger partial charge in [-0.15, -0.1) is 5.10 Å². The fourth-order valence-electron chi connectivity index (χ4n) is 3.75. The van der Waals surface area contributed by atoms with Crippen LogP contribution < -0.4 is 0 Å². The van der Waals surface area contributed by atoms with Gasteiger partial charge in [0.15, 0.2) is 5.15 Å². The highest BCUT2D eigenvalue weighted by Gasteiger charge is 2.28. The number of aryl methyl sites for hydroxylation is 1. The van der Waals surface area contributed by atoms with Gasteiger partial charge in [0.25, 0.3) is 5.91 Å². The van der Waals surface area contributed by atoms with E-state index in [1.807, 2.05) is 11.0 Å². The molecule has 1 amide bonds. The number of nitrogens with zero attached hydrogens (tertiary/aromatic N) is 3. The van der Waals surface area contributed by atoms with E-state index < -0.39 is 0 Å². The summed E-state index contributed by atoms with van der Waals surface area (Å²) in [6.07, 6.45) is 3.54. The lowest BCUT2D eigenvalue weighted by molar-refractivity contribution is 0.0705. The molecule has 3 heterocycles. The van der Waals surface area contributed by atoms with Crippen LogP contribution in [0, 0.1) is 6.92 Å². The summed E-state index contributed by atoms with van der Waals surface area (Å²) in [5, 5.41) is 8.99. The lowest BCUT2D eigenvalue weighted by Gasteiger charge is -2.32. The van der Waals surface area contributed by atoms with Crippen molar-refractivity contribution >= 4 is 28.4 Å². The van der Waals surface area contributed by atoms with E-state index in [0.29, 0.717) is 18.0 Å². The van der Waals surface area contributed by atoms with Gasteiger partial charge in [-0.2, -0.15) is 5.10 Å². The molecule has 3 aromatic rings. The Labute approximate surface area is 151 Å². The number of benzene rings is 1. The number of aromatic amines is 1. The van der Waals surface area contributed by atoms with E-state index in [1.54, 1.807) is 6.07 Å². The minimum absolute atomic E-state index is 0.0322. The van der Waals surface area contributed by atoms with Crippen LogP contribution in [0.2, 0.25) is 5.15 Å². The predicted octanol–water partition coefficient (Wildman–Crippen LogP) is 3.94. The van der Waals surface area contributed by atoms with E-state index in [1.165, 1.54) is 22.8 Å². The molecule has 1 aliphatic rings. The monoisotopic (exact) mass is 354 g/mol. The van der Waals surface area contributed by atoms with Crippen molar-refractivity contribution in [3.63, 3.8) is 0 Å². The summed E-state index contributed by atoms with van der Waals surface area (Å²) in [4.78, 5) is 18.2. The number of H-pyrrole nitrogens is 1. The maximum Gasteiger partial charge on any atom is 0.255 e. The highest BCUT2D eigenvalue weighted by molar-refractivity contribution is 6.29. The molecule has 2 aromatic heterocycles. The van der Waals surface area contributed by atoms with Gasteiger partial charge in [0.2, 0.25) is 0 Å². The van der Waals surface area contributed by atoms with Gasteiger partial charge < -0.3 is 9.88 Å². The minimum Gasteiger partial charge on any atom is -0.358 e. The Balaban J connectivity index is 1.60. The largest absolute Gasteiger partial charge is 0.358 e. The van der Waals surface area contributed by atoms with Gasteiger partial charge in [-0.3, -0.25) is 4.79 Å². The third-order valence-electron chi connectivity index (χ3n) is 4.99. The van der Waals surface area contributed by atoms with Crippen LogP contribution in [0.25, 0.3) is 10.9 Å². The molecule has 1 saturated heterocycles. The fourth-order valence-corrected chi connectivity index (χ4v) is 3.91. The SMILES string of the molecule is Cc1c([C@@H]2CCCN(C(=O)c3cnnc(Cl)c3)C2)[nH]c2ccccc12. The van der Waals surface area contributed by atoms with Crippen molar-refractivity contribution in [2.24, 2.45) is 0 Å². The molecule has 4 rings (SSSR count). The van der Waals surface area contributed by atoms with Gasteiger partial charge in [0.05, 0.1) is 11.8 Å². The van der Waals surface area contributed by atoms with Crippen LogP contribution in [-0.4, -0.2) is 39.1 Å². The van der Waals surface area contributed by atoms with Gasteiger partial charge in [-0.05, 0) is 37.5 Å². The third kappa shape index (κ3) is 3.00. The van der Waals surface area contributed by atoms with Crippen molar-refractivity contribution in [1.29, 1.82) is 0 Å². The molecule has 1 fully saturated rings. The Morgan fingerprint density at radius 2 is 2.20 bits per heavy atom. The highest BCUT2D eigenvalue weighted by Crippen LogP contribution is 2.33. The molecule has 0 unspecified atom stereocenters. The first-order valence-electron chi connectivity index (χ1n) is 8.48. The second-order valence-corrected chi connectivity index (χ2v) is 6.95. The molecule has 0 bridgehead atoms. The van der Waals surface area contributed by atoms with Crippen LogP contribution >= 0.6 is 11.6 Å². The van der Waals surface area contributed by atoms with E-state index >= 15 is 0 Å². The smallest absolute Gasteiger partial charge is 0.255 e. The van der Waals surface area contributed by atoms with E-state index in [9.17, 15) is 4.79 Å². The quantitative estimate of drug-likeness (QED) is 0.758. The van der Waals surface area contributed by atoms with Crippen molar-refractivity contribution in [1.82, 2.24) is 20.1 Å². The number of fused-ring (bicyclic) bond motifs is 1. The Morgan fingerprint density at radius 3 is 3.00 bits per heavy atom. The molecular weight excluding hydrogens is 336 g/mol. The summed E-state index contributed by atoms with van der Waals surface area (Å²) in [5.41, 5.74) is 4.17. The van der Waals surface area contributed by atoms with Crippen molar-refractivity contribution in [2.75, 3.05) is 13.1 Å². The Hall–Kier alpha value is -2.40. The van der Waals surface area contributed by atoms with E-state index in [2.05, 4.69) is 40.3 Å². The second-order valence-electron chi connectivity index (χ2n) is 6.57. The zero-order valence-corrected chi connectivity index (χ0v) is 14.8. The molecule has 128 valence electrons. The molecule has 0 saturated carbocycles. The van der Waals surface area contributed by atoms with Crippen LogP contribution in [-0.2, 0) is 0 Å². The number of carbonyl (C=O) groups excluding carboxylic acids is 1. The number of rotatable bonds is 2. The Morgan fingerprint density at radius 1 is 1.36 bits per heavy atom. The maximum absolute atomic E-state index is 12.8. The minimum atomic E-state index is -0.0322. The Kier molecular flexibility index (Phi) is 4.17.